The topological polar surface area (TPSA) is 73.7 Å². The van der Waals surface area contributed by atoms with E-state index in [2.05, 4.69) is 4.98 Å². The van der Waals surface area contributed by atoms with Gasteiger partial charge in [-0.3, -0.25) is 0 Å². The molecule has 0 radical (unpaired) electrons. The average molecular weight is 224 g/mol. The van der Waals surface area contributed by atoms with Gasteiger partial charge in [0.25, 0.3) is 0 Å². The maximum atomic E-state index is 10.8. The molecule has 5 nitrogen and oxygen atoms in total. The van der Waals surface area contributed by atoms with Gasteiger partial charge in [0.05, 0.1) is 5.56 Å². The van der Waals surface area contributed by atoms with Crippen molar-refractivity contribution in [3.05, 3.63) is 23.9 Å². The molecule has 0 aromatic carbocycles. The Morgan fingerprint density at radius 3 is 2.88 bits per heavy atom. The molecule has 1 rings (SSSR count). The fourth-order valence-electron chi connectivity index (χ4n) is 1.42. The second-order valence-electron chi connectivity index (χ2n) is 3.36. The minimum absolute atomic E-state index is 0.120. The fraction of sp³-hybridized carbons (Fsp3) is 0.455. The predicted molar refractivity (Wildman–Crippen MR) is 60.8 cm³/mol. The largest absolute Gasteiger partial charge is 0.478 e. The van der Waals surface area contributed by atoms with E-state index in [1.165, 1.54) is 12.3 Å². The molecule has 0 aliphatic heterocycles. The first kappa shape index (κ1) is 12.4. The van der Waals surface area contributed by atoms with Crippen LogP contribution in [0.4, 0.5) is 5.82 Å². The third-order valence-corrected chi connectivity index (χ3v) is 2.28. The maximum Gasteiger partial charge on any atom is 0.335 e. The van der Waals surface area contributed by atoms with Gasteiger partial charge in [0.2, 0.25) is 0 Å². The predicted octanol–water partition coefficient (Wildman–Crippen LogP) is 0.989. The molecular formula is C11H16N2O3. The van der Waals surface area contributed by atoms with Crippen molar-refractivity contribution in [2.45, 2.75) is 13.3 Å². The molecule has 0 unspecified atom stereocenters. The van der Waals surface area contributed by atoms with Gasteiger partial charge in [-0.15, -0.1) is 0 Å². The van der Waals surface area contributed by atoms with Crippen LogP contribution >= 0.6 is 0 Å². The van der Waals surface area contributed by atoms with Crippen molar-refractivity contribution in [1.82, 2.24) is 4.98 Å². The summed E-state index contributed by atoms with van der Waals surface area (Å²) in [4.78, 5) is 16.9. The van der Waals surface area contributed by atoms with Gasteiger partial charge in [-0.25, -0.2) is 9.78 Å². The number of aromatic carboxylic acids is 1. The van der Waals surface area contributed by atoms with E-state index in [1.807, 2.05) is 11.8 Å². The molecule has 1 aromatic heterocycles. The second kappa shape index (κ2) is 6.07. The Hall–Kier alpha value is -1.62. The number of aromatic nitrogens is 1. The number of hydrogen-bond donors (Lipinski definition) is 2. The number of aliphatic hydroxyl groups is 1. The van der Waals surface area contributed by atoms with E-state index in [4.69, 9.17) is 10.2 Å². The number of rotatable bonds is 6. The Labute approximate surface area is 94.4 Å². The van der Waals surface area contributed by atoms with E-state index < -0.39 is 5.97 Å². The van der Waals surface area contributed by atoms with E-state index in [-0.39, 0.29) is 12.2 Å². The normalized spacial score (nSPS) is 10.1. The second-order valence-corrected chi connectivity index (χ2v) is 3.36. The molecule has 0 saturated heterocycles. The molecule has 88 valence electrons. The Bertz CT molecular complexity index is 355. The monoisotopic (exact) mass is 224 g/mol. The van der Waals surface area contributed by atoms with Crippen LogP contribution < -0.4 is 4.90 Å². The molecule has 0 aliphatic rings. The van der Waals surface area contributed by atoms with Crippen molar-refractivity contribution in [2.75, 3.05) is 24.6 Å². The molecule has 2 N–H and O–H groups in total. The van der Waals surface area contributed by atoms with Crippen LogP contribution in [0.3, 0.4) is 0 Å². The summed E-state index contributed by atoms with van der Waals surface area (Å²) in [7, 11) is 0. The summed E-state index contributed by atoms with van der Waals surface area (Å²) in [5.74, 6) is -0.322. The zero-order chi connectivity index (χ0) is 12.0. The van der Waals surface area contributed by atoms with Crippen molar-refractivity contribution < 1.29 is 15.0 Å². The van der Waals surface area contributed by atoms with Crippen molar-refractivity contribution in [1.29, 1.82) is 0 Å². The minimum atomic E-state index is -0.957. The van der Waals surface area contributed by atoms with Crippen molar-refractivity contribution in [2.24, 2.45) is 0 Å². The lowest BCUT2D eigenvalue weighted by Crippen LogP contribution is -2.25. The summed E-state index contributed by atoms with van der Waals surface area (Å²) >= 11 is 0. The number of nitrogens with zero attached hydrogens (tertiary/aromatic N) is 2. The summed E-state index contributed by atoms with van der Waals surface area (Å²) in [6.45, 7) is 3.49. The van der Waals surface area contributed by atoms with Gasteiger partial charge in [-0.05, 0) is 25.5 Å². The Morgan fingerprint density at radius 1 is 1.56 bits per heavy atom. The van der Waals surface area contributed by atoms with Crippen LogP contribution in [0.1, 0.15) is 23.7 Å². The van der Waals surface area contributed by atoms with Crippen LogP contribution in [0, 0.1) is 0 Å². The van der Waals surface area contributed by atoms with Gasteiger partial charge in [0.1, 0.15) is 5.82 Å². The van der Waals surface area contributed by atoms with E-state index in [9.17, 15) is 4.79 Å². The summed E-state index contributed by atoms with van der Waals surface area (Å²) in [5.41, 5.74) is 0.229. The van der Waals surface area contributed by atoms with E-state index in [1.54, 1.807) is 6.07 Å². The quantitative estimate of drug-likeness (QED) is 0.753. The van der Waals surface area contributed by atoms with Gasteiger partial charge in [0, 0.05) is 25.9 Å². The highest BCUT2D eigenvalue weighted by molar-refractivity contribution is 5.88. The molecule has 16 heavy (non-hydrogen) atoms. The zero-order valence-corrected chi connectivity index (χ0v) is 9.26. The van der Waals surface area contributed by atoms with Gasteiger partial charge >= 0.3 is 5.97 Å². The summed E-state index contributed by atoms with van der Waals surface area (Å²) in [5, 5.41) is 17.6. The number of carboxylic acid groups (broad SMARTS) is 1. The lowest BCUT2D eigenvalue weighted by atomic mass is 10.2. The smallest absolute Gasteiger partial charge is 0.335 e. The molecular weight excluding hydrogens is 208 g/mol. The summed E-state index contributed by atoms with van der Waals surface area (Å²) < 4.78 is 0. The van der Waals surface area contributed by atoms with E-state index in [0.29, 0.717) is 18.8 Å². The molecule has 0 aliphatic carbocycles. The molecule has 0 bridgehead atoms. The number of aliphatic hydroxyl groups excluding tert-OH is 1. The number of anilines is 1. The van der Waals surface area contributed by atoms with Gasteiger partial charge in [-0.2, -0.15) is 0 Å². The van der Waals surface area contributed by atoms with Crippen LogP contribution in [0.15, 0.2) is 18.3 Å². The minimum Gasteiger partial charge on any atom is -0.478 e. The van der Waals surface area contributed by atoms with Crippen LogP contribution in [0.25, 0.3) is 0 Å². The third kappa shape index (κ3) is 3.20. The van der Waals surface area contributed by atoms with Crippen LogP contribution in [0.2, 0.25) is 0 Å². The average Bonchev–Trinajstić information content (AvgIpc) is 2.30. The van der Waals surface area contributed by atoms with Crippen molar-refractivity contribution in [3.63, 3.8) is 0 Å². The zero-order valence-electron chi connectivity index (χ0n) is 9.26. The molecule has 1 aromatic rings. The molecule has 0 atom stereocenters. The number of hydrogen-bond acceptors (Lipinski definition) is 4. The number of carbonyl (C=O) groups is 1. The SMILES string of the molecule is CCN(CCCO)c1cc(C(=O)O)ccn1. The first-order valence-corrected chi connectivity index (χ1v) is 5.24. The van der Waals surface area contributed by atoms with Crippen molar-refractivity contribution in [3.8, 4) is 0 Å². The van der Waals surface area contributed by atoms with Crippen LogP contribution in [-0.2, 0) is 0 Å². The van der Waals surface area contributed by atoms with Gasteiger partial charge in [0.15, 0.2) is 0 Å². The highest BCUT2D eigenvalue weighted by atomic mass is 16.4. The van der Waals surface area contributed by atoms with Gasteiger partial charge < -0.3 is 15.1 Å². The molecule has 0 fully saturated rings. The fourth-order valence-corrected chi connectivity index (χ4v) is 1.42. The Morgan fingerprint density at radius 2 is 2.31 bits per heavy atom. The molecule has 5 heteroatoms. The highest BCUT2D eigenvalue weighted by Crippen LogP contribution is 2.12. The van der Waals surface area contributed by atoms with Gasteiger partial charge in [-0.1, -0.05) is 0 Å². The number of carboxylic acids is 1. The van der Waals surface area contributed by atoms with Crippen LogP contribution in [0.5, 0.6) is 0 Å². The molecule has 0 amide bonds. The van der Waals surface area contributed by atoms with E-state index in [0.717, 1.165) is 6.54 Å². The van der Waals surface area contributed by atoms with Crippen molar-refractivity contribution >= 4 is 11.8 Å². The maximum absolute atomic E-state index is 10.8. The molecule has 0 spiro atoms. The Balaban J connectivity index is 2.83. The summed E-state index contributed by atoms with van der Waals surface area (Å²) in [6.07, 6.45) is 2.13. The van der Waals surface area contributed by atoms with E-state index >= 15 is 0 Å². The lowest BCUT2D eigenvalue weighted by Gasteiger charge is -2.21. The molecule has 1 heterocycles. The molecule has 0 saturated carbocycles. The summed E-state index contributed by atoms with van der Waals surface area (Å²) in [6, 6.07) is 3.01. The van der Waals surface area contributed by atoms with Crippen LogP contribution in [-0.4, -0.2) is 40.9 Å². The first-order valence-electron chi connectivity index (χ1n) is 5.24. The standard InChI is InChI=1S/C11H16N2O3/c1-2-13(6-3-7-14)10-8-9(11(15)16)4-5-12-10/h4-5,8,14H,2-3,6-7H2,1H3,(H,15,16). The third-order valence-electron chi connectivity index (χ3n) is 2.28. The lowest BCUT2D eigenvalue weighted by molar-refractivity contribution is 0.0696. The number of pyridine rings is 1. The highest BCUT2D eigenvalue weighted by Gasteiger charge is 2.09. The Kier molecular flexibility index (Phi) is 4.72. The first-order chi connectivity index (χ1) is 7.69.